The van der Waals surface area contributed by atoms with E-state index in [1.807, 2.05) is 6.92 Å². The molecule has 0 bridgehead atoms. The zero-order valence-electron chi connectivity index (χ0n) is 15.8. The highest BCUT2D eigenvalue weighted by atomic mass is 15.3. The predicted molar refractivity (Wildman–Crippen MR) is 106 cm³/mol. The van der Waals surface area contributed by atoms with Gasteiger partial charge in [0.25, 0.3) is 0 Å². The zero-order chi connectivity index (χ0) is 17.8. The van der Waals surface area contributed by atoms with Crippen molar-refractivity contribution in [1.82, 2.24) is 9.97 Å². The molecule has 1 N–H and O–H groups in total. The van der Waals surface area contributed by atoms with Crippen LogP contribution in [0.15, 0.2) is 30.3 Å². The number of hydrogen-bond donors (Lipinski definition) is 1. The zero-order valence-corrected chi connectivity index (χ0v) is 15.8. The molecule has 1 aromatic carbocycles. The maximum Gasteiger partial charge on any atom is 0.224 e. The van der Waals surface area contributed by atoms with Crippen LogP contribution in [-0.4, -0.2) is 42.7 Å². The largest absolute Gasteiger partial charge is 0.368 e. The van der Waals surface area contributed by atoms with E-state index in [1.54, 1.807) is 0 Å². The number of aromatic nitrogens is 2. The fourth-order valence-electron chi connectivity index (χ4n) is 3.11. The van der Waals surface area contributed by atoms with Crippen LogP contribution < -0.4 is 15.1 Å². The van der Waals surface area contributed by atoms with Gasteiger partial charge in [-0.05, 0) is 37.5 Å². The molecule has 5 heteroatoms. The molecule has 0 amide bonds. The third-order valence-electron chi connectivity index (χ3n) is 4.48. The Hall–Kier alpha value is -2.30. The fraction of sp³-hybridized carbons (Fsp3) is 0.500. The van der Waals surface area contributed by atoms with Gasteiger partial charge in [0.2, 0.25) is 5.95 Å². The van der Waals surface area contributed by atoms with Gasteiger partial charge in [0.05, 0.1) is 0 Å². The number of aryl methyl sites for hydroxylation is 2. The molecule has 3 rings (SSSR count). The molecule has 0 radical (unpaired) electrons. The van der Waals surface area contributed by atoms with Crippen molar-refractivity contribution in [1.29, 1.82) is 0 Å². The SMILES string of the molecule is Cc1cccc(N2CCN(c3cc(C)nc(NCC(C)C)n3)CC2)c1. The summed E-state index contributed by atoms with van der Waals surface area (Å²) in [5.74, 6) is 2.35. The second-order valence-corrected chi connectivity index (χ2v) is 7.28. The van der Waals surface area contributed by atoms with Gasteiger partial charge in [-0.2, -0.15) is 4.98 Å². The number of rotatable bonds is 5. The smallest absolute Gasteiger partial charge is 0.224 e. The lowest BCUT2D eigenvalue weighted by Gasteiger charge is -2.37. The topological polar surface area (TPSA) is 44.3 Å². The van der Waals surface area contributed by atoms with Crippen molar-refractivity contribution < 1.29 is 0 Å². The van der Waals surface area contributed by atoms with Crippen LogP contribution in [0.1, 0.15) is 25.1 Å². The molecule has 0 spiro atoms. The van der Waals surface area contributed by atoms with Crippen LogP contribution in [0.2, 0.25) is 0 Å². The molecule has 1 aromatic heterocycles. The first-order valence-electron chi connectivity index (χ1n) is 9.17. The predicted octanol–water partition coefficient (Wildman–Crippen LogP) is 3.49. The summed E-state index contributed by atoms with van der Waals surface area (Å²) in [5.41, 5.74) is 3.64. The highest BCUT2D eigenvalue weighted by Crippen LogP contribution is 2.21. The minimum Gasteiger partial charge on any atom is -0.368 e. The van der Waals surface area contributed by atoms with Crippen LogP contribution in [0.5, 0.6) is 0 Å². The quantitative estimate of drug-likeness (QED) is 0.903. The molecule has 25 heavy (non-hydrogen) atoms. The number of piperazine rings is 1. The lowest BCUT2D eigenvalue weighted by atomic mass is 10.2. The normalized spacial score (nSPS) is 14.9. The van der Waals surface area contributed by atoms with Gasteiger partial charge in [0.1, 0.15) is 5.82 Å². The number of benzene rings is 1. The van der Waals surface area contributed by atoms with E-state index in [1.165, 1.54) is 11.3 Å². The Kier molecular flexibility index (Phi) is 5.41. The second-order valence-electron chi connectivity index (χ2n) is 7.28. The van der Waals surface area contributed by atoms with E-state index in [-0.39, 0.29) is 0 Å². The first-order valence-corrected chi connectivity index (χ1v) is 9.17. The van der Waals surface area contributed by atoms with Gasteiger partial charge in [0.15, 0.2) is 0 Å². The van der Waals surface area contributed by atoms with Crippen molar-refractivity contribution in [2.45, 2.75) is 27.7 Å². The van der Waals surface area contributed by atoms with Crippen LogP contribution in [0.4, 0.5) is 17.5 Å². The fourth-order valence-corrected chi connectivity index (χ4v) is 3.11. The molecular weight excluding hydrogens is 310 g/mol. The molecule has 0 aliphatic carbocycles. The monoisotopic (exact) mass is 339 g/mol. The second kappa shape index (κ2) is 7.72. The Morgan fingerprint density at radius 1 is 1.00 bits per heavy atom. The number of nitrogens with one attached hydrogen (secondary N) is 1. The molecule has 0 unspecified atom stereocenters. The highest BCUT2D eigenvalue weighted by Gasteiger charge is 2.19. The van der Waals surface area contributed by atoms with E-state index in [4.69, 9.17) is 4.98 Å². The van der Waals surface area contributed by atoms with Gasteiger partial charge in [-0.1, -0.05) is 26.0 Å². The maximum atomic E-state index is 4.73. The molecule has 2 heterocycles. The Labute approximate surface area is 151 Å². The average molecular weight is 339 g/mol. The molecule has 0 saturated carbocycles. The molecule has 0 atom stereocenters. The molecular formula is C20H29N5. The van der Waals surface area contributed by atoms with Gasteiger partial charge >= 0.3 is 0 Å². The van der Waals surface area contributed by atoms with Crippen molar-refractivity contribution in [2.75, 3.05) is 47.8 Å². The van der Waals surface area contributed by atoms with Gasteiger partial charge in [-0.15, -0.1) is 0 Å². The van der Waals surface area contributed by atoms with E-state index in [2.05, 4.69) is 71.2 Å². The third-order valence-corrected chi connectivity index (χ3v) is 4.48. The van der Waals surface area contributed by atoms with Crippen molar-refractivity contribution in [3.8, 4) is 0 Å². The van der Waals surface area contributed by atoms with Crippen LogP contribution in [0.25, 0.3) is 0 Å². The minimum atomic E-state index is 0.574. The molecule has 5 nitrogen and oxygen atoms in total. The van der Waals surface area contributed by atoms with Gasteiger partial charge in [-0.25, -0.2) is 4.98 Å². The standard InChI is InChI=1S/C20H29N5/c1-15(2)14-21-20-22-17(4)13-19(23-20)25-10-8-24(9-11-25)18-7-5-6-16(3)12-18/h5-7,12-13,15H,8-11,14H2,1-4H3,(H,21,22,23). The van der Waals surface area contributed by atoms with Crippen molar-refractivity contribution in [3.63, 3.8) is 0 Å². The highest BCUT2D eigenvalue weighted by molar-refractivity contribution is 5.52. The van der Waals surface area contributed by atoms with Crippen molar-refractivity contribution >= 4 is 17.5 Å². The summed E-state index contributed by atoms with van der Waals surface area (Å²) in [6.45, 7) is 13.4. The van der Waals surface area contributed by atoms with Gasteiger partial charge in [0, 0.05) is 50.2 Å². The number of nitrogens with zero attached hydrogens (tertiary/aromatic N) is 4. The van der Waals surface area contributed by atoms with Crippen molar-refractivity contribution in [3.05, 3.63) is 41.6 Å². The third kappa shape index (κ3) is 4.62. The van der Waals surface area contributed by atoms with Crippen LogP contribution in [-0.2, 0) is 0 Å². The molecule has 1 aliphatic rings. The summed E-state index contributed by atoms with van der Waals surface area (Å²) in [6.07, 6.45) is 0. The van der Waals surface area contributed by atoms with Crippen LogP contribution in [0, 0.1) is 19.8 Å². The minimum absolute atomic E-state index is 0.574. The summed E-state index contributed by atoms with van der Waals surface area (Å²) >= 11 is 0. The number of hydrogen-bond acceptors (Lipinski definition) is 5. The lowest BCUT2D eigenvalue weighted by Crippen LogP contribution is -2.47. The Balaban J connectivity index is 1.66. The summed E-state index contributed by atoms with van der Waals surface area (Å²) in [5, 5.41) is 3.35. The summed E-state index contributed by atoms with van der Waals surface area (Å²) in [7, 11) is 0. The summed E-state index contributed by atoms with van der Waals surface area (Å²) in [6, 6.07) is 10.8. The lowest BCUT2D eigenvalue weighted by molar-refractivity contribution is 0.645. The van der Waals surface area contributed by atoms with Gasteiger partial charge in [-0.3, -0.25) is 0 Å². The van der Waals surface area contributed by atoms with E-state index in [9.17, 15) is 0 Å². The van der Waals surface area contributed by atoms with Gasteiger partial charge < -0.3 is 15.1 Å². The first-order chi connectivity index (χ1) is 12.0. The molecule has 134 valence electrons. The van der Waals surface area contributed by atoms with Crippen molar-refractivity contribution in [2.24, 2.45) is 5.92 Å². The van der Waals surface area contributed by atoms with E-state index in [0.29, 0.717) is 5.92 Å². The average Bonchev–Trinajstić information content (AvgIpc) is 2.60. The Morgan fingerprint density at radius 3 is 2.40 bits per heavy atom. The summed E-state index contributed by atoms with van der Waals surface area (Å²) in [4.78, 5) is 14.1. The molecule has 1 fully saturated rings. The maximum absolute atomic E-state index is 4.73. The molecule has 1 aliphatic heterocycles. The summed E-state index contributed by atoms with van der Waals surface area (Å²) < 4.78 is 0. The van der Waals surface area contributed by atoms with E-state index in [0.717, 1.165) is 50.2 Å². The Morgan fingerprint density at radius 2 is 1.72 bits per heavy atom. The first kappa shape index (κ1) is 17.5. The molecule has 2 aromatic rings. The Bertz CT molecular complexity index is 705. The van der Waals surface area contributed by atoms with Crippen LogP contribution >= 0.6 is 0 Å². The van der Waals surface area contributed by atoms with E-state index >= 15 is 0 Å². The number of anilines is 3. The van der Waals surface area contributed by atoms with Crippen LogP contribution in [0.3, 0.4) is 0 Å². The molecule has 1 saturated heterocycles. The van der Waals surface area contributed by atoms with E-state index < -0.39 is 0 Å².